The van der Waals surface area contributed by atoms with Crippen LogP contribution in [0.2, 0.25) is 0 Å². The Hall–Kier alpha value is -0.130. The maximum Gasteiger partial charge on any atom is 0.267 e. The molecule has 0 bridgehead atoms. The molecule has 0 saturated carbocycles. The first-order valence-electron chi connectivity index (χ1n) is 11.6. The van der Waals surface area contributed by atoms with Crippen LogP contribution in [0.25, 0.3) is 0 Å². The summed E-state index contributed by atoms with van der Waals surface area (Å²) < 4.78 is 31.3. The highest BCUT2D eigenvalue weighted by Crippen LogP contribution is 2.16. The summed E-state index contributed by atoms with van der Waals surface area (Å²) in [4.78, 5) is 0. The summed E-state index contributed by atoms with van der Waals surface area (Å²) in [5.74, 6) is 0. The summed E-state index contributed by atoms with van der Waals surface area (Å²) in [5.41, 5.74) is 0. The Balaban J connectivity index is 3.25. The molecule has 0 radical (unpaired) electrons. The first kappa shape index (κ1) is 26.9. The molecule has 164 valence electrons. The molecule has 0 heterocycles. The molecule has 0 rings (SSSR count). The molecule has 0 fully saturated rings. The molecule has 5 heteroatoms. The van der Waals surface area contributed by atoms with E-state index in [-0.39, 0.29) is 6.10 Å². The van der Waals surface area contributed by atoms with Crippen LogP contribution in [0, 0.1) is 0 Å². The maximum atomic E-state index is 11.1. The maximum absolute atomic E-state index is 11.1. The van der Waals surface area contributed by atoms with Crippen LogP contribution in [0.4, 0.5) is 0 Å². The standard InChI is InChI=1S/C22H46O4S/c1-3-18-21(23)19-16-14-12-10-8-6-5-7-9-11-13-15-17-20-22(4-2)27(24,25)26/h21-23H,3-20H2,1-2H3,(H,24,25,26). The van der Waals surface area contributed by atoms with Gasteiger partial charge in [-0.15, -0.1) is 0 Å². The van der Waals surface area contributed by atoms with E-state index in [9.17, 15) is 13.5 Å². The topological polar surface area (TPSA) is 74.6 Å². The predicted octanol–water partition coefficient (Wildman–Crippen LogP) is 6.67. The SMILES string of the molecule is CCCC(O)CCCCCCCCCCCCCCCC(CC)S(=O)(=O)O. The Bertz CT molecular complexity index is 409. The fraction of sp³-hybridized carbons (Fsp3) is 1.00. The Morgan fingerprint density at radius 2 is 1.00 bits per heavy atom. The van der Waals surface area contributed by atoms with Crippen molar-refractivity contribution in [3.05, 3.63) is 0 Å². The third-order valence-corrected chi connectivity index (χ3v) is 6.97. The van der Waals surface area contributed by atoms with Gasteiger partial charge in [-0.25, -0.2) is 0 Å². The molecular formula is C22H46O4S. The zero-order valence-corrected chi connectivity index (χ0v) is 18.8. The van der Waals surface area contributed by atoms with Crippen molar-refractivity contribution in [2.45, 2.75) is 141 Å². The van der Waals surface area contributed by atoms with Gasteiger partial charge in [0.1, 0.15) is 0 Å². The number of unbranched alkanes of at least 4 members (excludes halogenated alkanes) is 12. The second-order valence-electron chi connectivity index (χ2n) is 8.16. The molecular weight excluding hydrogens is 360 g/mol. The summed E-state index contributed by atoms with van der Waals surface area (Å²) in [5, 5.41) is 9.10. The number of aliphatic hydroxyl groups is 1. The van der Waals surface area contributed by atoms with Gasteiger partial charge < -0.3 is 5.11 Å². The monoisotopic (exact) mass is 406 g/mol. The van der Waals surface area contributed by atoms with Gasteiger partial charge in [0.2, 0.25) is 0 Å². The summed E-state index contributed by atoms with van der Waals surface area (Å²) >= 11 is 0. The van der Waals surface area contributed by atoms with Crippen LogP contribution < -0.4 is 0 Å². The zero-order chi connectivity index (χ0) is 20.4. The second kappa shape index (κ2) is 17.9. The molecule has 0 aliphatic heterocycles. The van der Waals surface area contributed by atoms with E-state index in [1.807, 2.05) is 6.92 Å². The van der Waals surface area contributed by atoms with Crippen molar-refractivity contribution in [2.75, 3.05) is 0 Å². The average Bonchev–Trinajstić information content (AvgIpc) is 2.60. The quantitative estimate of drug-likeness (QED) is 0.175. The van der Waals surface area contributed by atoms with Gasteiger partial charge in [-0.2, -0.15) is 8.42 Å². The van der Waals surface area contributed by atoms with E-state index < -0.39 is 15.4 Å². The van der Waals surface area contributed by atoms with Crippen LogP contribution in [0.5, 0.6) is 0 Å². The highest BCUT2D eigenvalue weighted by molar-refractivity contribution is 7.86. The van der Waals surface area contributed by atoms with Crippen molar-refractivity contribution in [1.82, 2.24) is 0 Å². The van der Waals surface area contributed by atoms with E-state index >= 15 is 0 Å². The molecule has 0 aliphatic rings. The van der Waals surface area contributed by atoms with Crippen molar-refractivity contribution in [1.29, 1.82) is 0 Å². The number of hydrogen-bond donors (Lipinski definition) is 2. The van der Waals surface area contributed by atoms with Crippen LogP contribution in [0.15, 0.2) is 0 Å². The lowest BCUT2D eigenvalue weighted by Gasteiger charge is -2.10. The summed E-state index contributed by atoms with van der Waals surface area (Å²) in [6.45, 7) is 3.94. The minimum atomic E-state index is -3.85. The number of rotatable bonds is 20. The molecule has 2 atom stereocenters. The Morgan fingerprint density at radius 3 is 1.33 bits per heavy atom. The molecule has 0 amide bonds. The normalized spacial score (nSPS) is 14.4. The average molecular weight is 407 g/mol. The van der Waals surface area contributed by atoms with E-state index in [4.69, 9.17) is 4.55 Å². The minimum absolute atomic E-state index is 0.0780. The Morgan fingerprint density at radius 1 is 0.630 bits per heavy atom. The predicted molar refractivity (Wildman–Crippen MR) is 116 cm³/mol. The zero-order valence-electron chi connectivity index (χ0n) is 18.0. The van der Waals surface area contributed by atoms with E-state index in [0.29, 0.717) is 12.8 Å². The molecule has 0 saturated heterocycles. The van der Waals surface area contributed by atoms with Crippen molar-refractivity contribution >= 4 is 10.1 Å². The highest BCUT2D eigenvalue weighted by Gasteiger charge is 2.19. The minimum Gasteiger partial charge on any atom is -0.393 e. The lowest BCUT2D eigenvalue weighted by molar-refractivity contribution is 0.150. The first-order chi connectivity index (χ1) is 12.9. The number of aliphatic hydroxyl groups excluding tert-OH is 1. The van der Waals surface area contributed by atoms with Gasteiger partial charge in [-0.05, 0) is 25.7 Å². The third-order valence-electron chi connectivity index (χ3n) is 5.56. The number of hydrogen-bond acceptors (Lipinski definition) is 3. The molecule has 2 unspecified atom stereocenters. The largest absolute Gasteiger partial charge is 0.393 e. The van der Waals surface area contributed by atoms with Crippen LogP contribution in [-0.2, 0) is 10.1 Å². The van der Waals surface area contributed by atoms with E-state index in [1.54, 1.807) is 0 Å². The molecule has 27 heavy (non-hydrogen) atoms. The van der Waals surface area contributed by atoms with Gasteiger partial charge in [-0.1, -0.05) is 104 Å². The molecule has 0 aromatic rings. The van der Waals surface area contributed by atoms with Gasteiger partial charge in [0.15, 0.2) is 0 Å². The van der Waals surface area contributed by atoms with Gasteiger partial charge in [0.25, 0.3) is 10.1 Å². The van der Waals surface area contributed by atoms with E-state index in [1.165, 1.54) is 70.6 Å². The van der Waals surface area contributed by atoms with Crippen molar-refractivity contribution in [3.63, 3.8) is 0 Å². The molecule has 0 spiro atoms. The fourth-order valence-electron chi connectivity index (χ4n) is 3.74. The smallest absolute Gasteiger partial charge is 0.267 e. The Labute approximate surface area is 169 Å². The van der Waals surface area contributed by atoms with E-state index in [0.717, 1.165) is 32.1 Å². The molecule has 0 aromatic carbocycles. The van der Waals surface area contributed by atoms with Gasteiger partial charge in [0, 0.05) is 0 Å². The van der Waals surface area contributed by atoms with Crippen LogP contribution in [-0.4, -0.2) is 29.4 Å². The van der Waals surface area contributed by atoms with Crippen molar-refractivity contribution in [3.8, 4) is 0 Å². The van der Waals surface area contributed by atoms with Crippen LogP contribution in [0.1, 0.15) is 129 Å². The van der Waals surface area contributed by atoms with Gasteiger partial charge in [0.05, 0.1) is 11.4 Å². The molecule has 0 aromatic heterocycles. The summed E-state index contributed by atoms with van der Waals surface area (Å²) in [6.07, 6.45) is 20.1. The third kappa shape index (κ3) is 17.7. The first-order valence-corrected chi connectivity index (χ1v) is 13.1. The Kier molecular flexibility index (Phi) is 17.8. The summed E-state index contributed by atoms with van der Waals surface area (Å²) in [7, 11) is -3.85. The van der Waals surface area contributed by atoms with Crippen LogP contribution in [0.3, 0.4) is 0 Å². The molecule has 0 aliphatic carbocycles. The molecule has 4 nitrogen and oxygen atoms in total. The van der Waals surface area contributed by atoms with Crippen molar-refractivity contribution in [2.24, 2.45) is 0 Å². The summed E-state index contributed by atoms with van der Waals surface area (Å²) in [6, 6.07) is 0. The second-order valence-corrected chi connectivity index (χ2v) is 9.86. The lowest BCUT2D eigenvalue weighted by Crippen LogP contribution is -2.19. The lowest BCUT2D eigenvalue weighted by atomic mass is 10.0. The highest BCUT2D eigenvalue weighted by atomic mass is 32.2. The van der Waals surface area contributed by atoms with Gasteiger partial charge in [-0.3, -0.25) is 4.55 Å². The fourth-order valence-corrected chi connectivity index (χ4v) is 4.62. The van der Waals surface area contributed by atoms with Crippen molar-refractivity contribution < 1.29 is 18.1 Å². The van der Waals surface area contributed by atoms with Crippen LogP contribution >= 0.6 is 0 Å². The molecule has 2 N–H and O–H groups in total. The van der Waals surface area contributed by atoms with E-state index in [2.05, 4.69) is 6.92 Å². The van der Waals surface area contributed by atoms with Gasteiger partial charge >= 0.3 is 0 Å².